The molecule has 0 aliphatic rings. The molecule has 0 spiro atoms. The van der Waals surface area contributed by atoms with Crippen molar-refractivity contribution in [2.75, 3.05) is 11.1 Å². The van der Waals surface area contributed by atoms with Crippen molar-refractivity contribution in [2.45, 2.75) is 5.22 Å². The van der Waals surface area contributed by atoms with E-state index >= 15 is 0 Å². The highest BCUT2D eigenvalue weighted by Gasteiger charge is 2.13. The van der Waals surface area contributed by atoms with Crippen LogP contribution in [-0.4, -0.2) is 26.8 Å². The molecule has 3 aromatic rings. The van der Waals surface area contributed by atoms with Crippen molar-refractivity contribution in [3.8, 4) is 11.5 Å². The van der Waals surface area contributed by atoms with Gasteiger partial charge in [0.1, 0.15) is 0 Å². The summed E-state index contributed by atoms with van der Waals surface area (Å²) in [5, 5.41) is 11.5. The summed E-state index contributed by atoms with van der Waals surface area (Å²) in [7, 11) is 0. The van der Waals surface area contributed by atoms with Gasteiger partial charge >= 0.3 is 0 Å². The Morgan fingerprint density at radius 1 is 1.21 bits per heavy atom. The molecule has 122 valence electrons. The van der Waals surface area contributed by atoms with Gasteiger partial charge in [0.15, 0.2) is 0 Å². The minimum atomic E-state index is -0.259. The zero-order chi connectivity index (χ0) is 16.9. The van der Waals surface area contributed by atoms with E-state index in [0.29, 0.717) is 32.4 Å². The molecule has 0 unspecified atom stereocenters. The number of aromatic nitrogens is 3. The summed E-state index contributed by atoms with van der Waals surface area (Å²) in [4.78, 5) is 16.0. The Kier molecular flexibility index (Phi) is 5.34. The Morgan fingerprint density at radius 2 is 2.08 bits per heavy atom. The first-order valence-electron chi connectivity index (χ1n) is 6.74. The van der Waals surface area contributed by atoms with Gasteiger partial charge in [0.2, 0.25) is 11.8 Å². The van der Waals surface area contributed by atoms with E-state index in [1.807, 2.05) is 6.07 Å². The molecule has 1 amide bonds. The highest BCUT2D eigenvalue weighted by molar-refractivity contribution is 7.99. The van der Waals surface area contributed by atoms with Crippen LogP contribution in [0.15, 0.2) is 52.4 Å². The second-order valence-corrected chi connectivity index (χ2v) is 6.26. The number of carbonyl (C=O) groups excluding carboxylic acids is 1. The predicted octanol–water partition coefficient (Wildman–Crippen LogP) is 4.17. The van der Waals surface area contributed by atoms with Gasteiger partial charge in [0, 0.05) is 12.4 Å². The topological polar surface area (TPSA) is 80.9 Å². The molecule has 0 aliphatic heterocycles. The SMILES string of the molecule is O=C(CSc1nnc(-c2cccnc2)o1)Nc1cccc(Cl)c1Cl. The highest BCUT2D eigenvalue weighted by Crippen LogP contribution is 2.30. The first-order valence-corrected chi connectivity index (χ1v) is 8.48. The van der Waals surface area contributed by atoms with Gasteiger partial charge in [-0.2, -0.15) is 0 Å². The molecule has 0 atom stereocenters. The van der Waals surface area contributed by atoms with Gasteiger partial charge in [-0.1, -0.05) is 41.0 Å². The maximum absolute atomic E-state index is 12.0. The van der Waals surface area contributed by atoms with E-state index in [9.17, 15) is 4.79 Å². The van der Waals surface area contributed by atoms with Crippen LogP contribution in [0, 0.1) is 0 Å². The van der Waals surface area contributed by atoms with Crippen LogP contribution in [0.5, 0.6) is 0 Å². The van der Waals surface area contributed by atoms with E-state index in [1.165, 1.54) is 0 Å². The monoisotopic (exact) mass is 380 g/mol. The summed E-state index contributed by atoms with van der Waals surface area (Å²) in [5.74, 6) is 0.187. The quantitative estimate of drug-likeness (QED) is 0.668. The zero-order valence-electron chi connectivity index (χ0n) is 12.1. The van der Waals surface area contributed by atoms with Gasteiger partial charge < -0.3 is 9.73 Å². The average molecular weight is 381 g/mol. The van der Waals surface area contributed by atoms with Gasteiger partial charge in [0.05, 0.1) is 27.0 Å². The van der Waals surface area contributed by atoms with E-state index in [1.54, 1.807) is 36.7 Å². The smallest absolute Gasteiger partial charge is 0.277 e. The van der Waals surface area contributed by atoms with Crippen LogP contribution < -0.4 is 5.32 Å². The number of thioether (sulfide) groups is 1. The number of amides is 1. The van der Waals surface area contributed by atoms with Gasteiger partial charge in [-0.3, -0.25) is 9.78 Å². The van der Waals surface area contributed by atoms with Crippen molar-refractivity contribution >= 4 is 46.6 Å². The molecule has 2 heterocycles. The molecule has 9 heteroatoms. The van der Waals surface area contributed by atoms with E-state index in [4.69, 9.17) is 27.6 Å². The summed E-state index contributed by atoms with van der Waals surface area (Å²) < 4.78 is 5.49. The molecule has 0 saturated heterocycles. The summed E-state index contributed by atoms with van der Waals surface area (Å²) in [6, 6.07) is 8.60. The predicted molar refractivity (Wildman–Crippen MR) is 93.3 cm³/mol. The Labute approximate surface area is 151 Å². The van der Waals surface area contributed by atoms with Crippen molar-refractivity contribution in [3.63, 3.8) is 0 Å². The van der Waals surface area contributed by atoms with Crippen molar-refractivity contribution in [3.05, 3.63) is 52.8 Å². The molecular weight excluding hydrogens is 371 g/mol. The number of benzene rings is 1. The van der Waals surface area contributed by atoms with Crippen LogP contribution in [0.2, 0.25) is 10.0 Å². The highest BCUT2D eigenvalue weighted by atomic mass is 35.5. The Bertz CT molecular complexity index is 858. The van der Waals surface area contributed by atoms with E-state index in [-0.39, 0.29) is 11.7 Å². The lowest BCUT2D eigenvalue weighted by molar-refractivity contribution is -0.113. The summed E-state index contributed by atoms with van der Waals surface area (Å²) in [5.41, 5.74) is 1.17. The minimum Gasteiger partial charge on any atom is -0.411 e. The van der Waals surface area contributed by atoms with Crippen LogP contribution in [-0.2, 0) is 4.79 Å². The third kappa shape index (κ3) is 4.05. The lowest BCUT2D eigenvalue weighted by atomic mass is 10.3. The van der Waals surface area contributed by atoms with Crippen LogP contribution in [0.1, 0.15) is 0 Å². The Morgan fingerprint density at radius 3 is 2.88 bits per heavy atom. The fourth-order valence-electron chi connectivity index (χ4n) is 1.79. The second kappa shape index (κ2) is 7.65. The van der Waals surface area contributed by atoms with Crippen LogP contribution in [0.25, 0.3) is 11.5 Å². The summed E-state index contributed by atoms with van der Waals surface area (Å²) >= 11 is 13.1. The first kappa shape index (κ1) is 16.8. The molecule has 1 aromatic carbocycles. The normalized spacial score (nSPS) is 10.6. The molecule has 0 saturated carbocycles. The summed E-state index contributed by atoms with van der Waals surface area (Å²) in [6.07, 6.45) is 3.27. The number of hydrogen-bond acceptors (Lipinski definition) is 6. The fourth-order valence-corrected chi connectivity index (χ4v) is 2.70. The number of hydrogen-bond donors (Lipinski definition) is 1. The molecule has 6 nitrogen and oxygen atoms in total. The standard InChI is InChI=1S/C15H10Cl2N4O2S/c16-10-4-1-5-11(13(10)17)19-12(22)8-24-15-21-20-14(23-15)9-3-2-6-18-7-9/h1-7H,8H2,(H,19,22). The Balaban J connectivity index is 1.59. The number of halogens is 2. The van der Waals surface area contributed by atoms with Crippen LogP contribution in [0.4, 0.5) is 5.69 Å². The number of nitrogens with zero attached hydrogens (tertiary/aromatic N) is 3. The summed E-state index contributed by atoms with van der Waals surface area (Å²) in [6.45, 7) is 0. The minimum absolute atomic E-state index is 0.0948. The zero-order valence-corrected chi connectivity index (χ0v) is 14.4. The molecular formula is C15H10Cl2N4O2S. The van der Waals surface area contributed by atoms with E-state index in [2.05, 4.69) is 20.5 Å². The first-order chi connectivity index (χ1) is 11.6. The molecule has 2 aromatic heterocycles. The van der Waals surface area contributed by atoms with Gasteiger partial charge in [-0.25, -0.2) is 0 Å². The fraction of sp³-hybridized carbons (Fsp3) is 0.0667. The molecule has 1 N–H and O–H groups in total. The number of anilines is 1. The van der Waals surface area contributed by atoms with E-state index < -0.39 is 0 Å². The number of pyridine rings is 1. The molecule has 0 radical (unpaired) electrons. The van der Waals surface area contributed by atoms with Gasteiger partial charge in [-0.15, -0.1) is 10.2 Å². The van der Waals surface area contributed by atoms with Crippen molar-refractivity contribution < 1.29 is 9.21 Å². The number of carbonyl (C=O) groups is 1. The third-order valence-corrected chi connectivity index (χ3v) is 4.50. The van der Waals surface area contributed by atoms with Crippen molar-refractivity contribution in [1.82, 2.24) is 15.2 Å². The molecule has 24 heavy (non-hydrogen) atoms. The van der Waals surface area contributed by atoms with Crippen molar-refractivity contribution in [2.24, 2.45) is 0 Å². The third-order valence-electron chi connectivity index (χ3n) is 2.87. The maximum atomic E-state index is 12.0. The lowest BCUT2D eigenvalue weighted by Crippen LogP contribution is -2.14. The van der Waals surface area contributed by atoms with Crippen molar-refractivity contribution in [1.29, 1.82) is 0 Å². The lowest BCUT2D eigenvalue weighted by Gasteiger charge is -2.07. The largest absolute Gasteiger partial charge is 0.411 e. The molecule has 0 bridgehead atoms. The maximum Gasteiger partial charge on any atom is 0.277 e. The van der Waals surface area contributed by atoms with Gasteiger partial charge in [0.25, 0.3) is 5.22 Å². The van der Waals surface area contributed by atoms with Crippen LogP contribution in [0.3, 0.4) is 0 Å². The van der Waals surface area contributed by atoms with Gasteiger partial charge in [-0.05, 0) is 24.3 Å². The number of nitrogens with one attached hydrogen (secondary N) is 1. The van der Waals surface area contributed by atoms with Crippen LogP contribution >= 0.6 is 35.0 Å². The number of rotatable bonds is 5. The second-order valence-electron chi connectivity index (χ2n) is 4.55. The molecule has 0 aliphatic carbocycles. The van der Waals surface area contributed by atoms with E-state index in [0.717, 1.165) is 11.8 Å². The average Bonchev–Trinajstić information content (AvgIpc) is 3.07. The molecule has 0 fully saturated rings. The Hall–Kier alpha value is -2.09. The molecule has 3 rings (SSSR count).